The first kappa shape index (κ1) is 14.1. The zero-order valence-electron chi connectivity index (χ0n) is 11.1. The minimum atomic E-state index is -0.307. The number of rotatable bonds is 4. The van der Waals surface area contributed by atoms with E-state index in [1.165, 1.54) is 6.07 Å². The minimum Gasteiger partial charge on any atom is -0.309 e. The number of aryl methyl sites for hydroxylation is 1. The number of nitrogens with zero attached hydrogens (tertiary/aromatic N) is 3. The van der Waals surface area contributed by atoms with Crippen molar-refractivity contribution < 1.29 is 4.39 Å². The van der Waals surface area contributed by atoms with Gasteiger partial charge in [-0.3, -0.25) is 0 Å². The third-order valence-corrected chi connectivity index (χ3v) is 3.33. The molecule has 0 aliphatic carbocycles. The van der Waals surface area contributed by atoms with Crippen molar-refractivity contribution in [3.05, 3.63) is 39.9 Å². The van der Waals surface area contributed by atoms with Crippen LogP contribution in [0.5, 0.6) is 0 Å². The van der Waals surface area contributed by atoms with Crippen molar-refractivity contribution in [2.75, 3.05) is 0 Å². The monoisotopic (exact) mass is 326 g/mol. The van der Waals surface area contributed by atoms with Crippen LogP contribution in [0.2, 0.25) is 0 Å². The summed E-state index contributed by atoms with van der Waals surface area (Å²) in [5, 5.41) is 11.4. The van der Waals surface area contributed by atoms with E-state index in [4.69, 9.17) is 0 Å². The van der Waals surface area contributed by atoms with Crippen molar-refractivity contribution in [2.45, 2.75) is 33.4 Å². The molecule has 1 aromatic heterocycles. The summed E-state index contributed by atoms with van der Waals surface area (Å²) in [5.74, 6) is -0.307. The maximum absolute atomic E-state index is 13.6. The third-order valence-electron chi connectivity index (χ3n) is 2.72. The molecule has 0 amide bonds. The molecule has 1 heterocycles. The standard InChI is InChI=1S/C13H16BrFN4/c1-8(2)16-6-10-7-19(18-17-10)13-5-12(15)11(14)4-9(13)3/h4-5,7-8,16H,6H2,1-3H3. The number of nitrogens with one attached hydrogen (secondary N) is 1. The number of halogens is 2. The molecule has 0 saturated carbocycles. The van der Waals surface area contributed by atoms with Gasteiger partial charge in [0.1, 0.15) is 5.82 Å². The van der Waals surface area contributed by atoms with E-state index in [1.54, 1.807) is 10.7 Å². The fourth-order valence-corrected chi connectivity index (χ4v) is 2.15. The van der Waals surface area contributed by atoms with Gasteiger partial charge >= 0.3 is 0 Å². The zero-order chi connectivity index (χ0) is 14.0. The van der Waals surface area contributed by atoms with Crippen molar-refractivity contribution in [3.63, 3.8) is 0 Å². The van der Waals surface area contributed by atoms with Gasteiger partial charge in [-0.05, 0) is 34.5 Å². The van der Waals surface area contributed by atoms with E-state index in [0.29, 0.717) is 22.7 Å². The van der Waals surface area contributed by atoms with Crippen molar-refractivity contribution in [2.24, 2.45) is 0 Å². The Morgan fingerprint density at radius 2 is 2.16 bits per heavy atom. The van der Waals surface area contributed by atoms with E-state index in [2.05, 4.69) is 45.4 Å². The lowest BCUT2D eigenvalue weighted by Gasteiger charge is -2.06. The van der Waals surface area contributed by atoms with E-state index in [-0.39, 0.29) is 5.82 Å². The highest BCUT2D eigenvalue weighted by Gasteiger charge is 2.09. The first-order valence-corrected chi connectivity index (χ1v) is 6.87. The number of hydrogen-bond donors (Lipinski definition) is 1. The predicted molar refractivity (Wildman–Crippen MR) is 75.7 cm³/mol. The molecular formula is C13H16BrFN4. The Hall–Kier alpha value is -1.27. The van der Waals surface area contributed by atoms with Crippen LogP contribution < -0.4 is 5.32 Å². The fourth-order valence-electron chi connectivity index (χ4n) is 1.69. The van der Waals surface area contributed by atoms with Gasteiger partial charge in [-0.1, -0.05) is 19.1 Å². The van der Waals surface area contributed by atoms with E-state index in [0.717, 1.165) is 11.3 Å². The minimum absolute atomic E-state index is 0.307. The van der Waals surface area contributed by atoms with Gasteiger partial charge in [-0.25, -0.2) is 9.07 Å². The number of aromatic nitrogens is 3. The lowest BCUT2D eigenvalue weighted by Crippen LogP contribution is -2.21. The first-order valence-electron chi connectivity index (χ1n) is 6.08. The van der Waals surface area contributed by atoms with E-state index < -0.39 is 0 Å². The lowest BCUT2D eigenvalue weighted by atomic mass is 10.2. The molecule has 2 aromatic rings. The molecule has 0 bridgehead atoms. The smallest absolute Gasteiger partial charge is 0.139 e. The highest BCUT2D eigenvalue weighted by atomic mass is 79.9. The normalized spacial score (nSPS) is 11.3. The summed E-state index contributed by atoms with van der Waals surface area (Å²) in [5.41, 5.74) is 2.46. The van der Waals surface area contributed by atoms with Crippen molar-refractivity contribution in [3.8, 4) is 5.69 Å². The number of benzene rings is 1. The summed E-state index contributed by atoms with van der Waals surface area (Å²) in [6, 6.07) is 3.57. The van der Waals surface area contributed by atoms with E-state index in [9.17, 15) is 4.39 Å². The fraction of sp³-hybridized carbons (Fsp3) is 0.385. The van der Waals surface area contributed by atoms with Crippen LogP contribution in [-0.2, 0) is 6.54 Å². The zero-order valence-corrected chi connectivity index (χ0v) is 12.7. The van der Waals surface area contributed by atoms with Gasteiger partial charge in [-0.2, -0.15) is 0 Å². The topological polar surface area (TPSA) is 42.7 Å². The van der Waals surface area contributed by atoms with Crippen LogP contribution in [0.4, 0.5) is 4.39 Å². The average molecular weight is 327 g/mol. The van der Waals surface area contributed by atoms with Gasteiger partial charge in [0, 0.05) is 18.7 Å². The Kier molecular flexibility index (Phi) is 4.31. The molecule has 0 spiro atoms. The van der Waals surface area contributed by atoms with Crippen LogP contribution in [0.25, 0.3) is 5.69 Å². The molecule has 2 rings (SSSR count). The molecule has 0 fully saturated rings. The van der Waals surface area contributed by atoms with Gasteiger partial charge in [0.2, 0.25) is 0 Å². The molecule has 0 aliphatic heterocycles. The summed E-state index contributed by atoms with van der Waals surface area (Å²) in [7, 11) is 0. The highest BCUT2D eigenvalue weighted by Crippen LogP contribution is 2.22. The Labute approximate surface area is 120 Å². The Balaban J connectivity index is 2.25. The van der Waals surface area contributed by atoms with Crippen molar-refractivity contribution in [1.82, 2.24) is 20.3 Å². The summed E-state index contributed by atoms with van der Waals surface area (Å²) >= 11 is 3.17. The second-order valence-corrected chi connectivity index (χ2v) is 5.60. The molecule has 0 atom stereocenters. The first-order chi connectivity index (χ1) is 8.97. The van der Waals surface area contributed by atoms with Crippen LogP contribution in [0.3, 0.4) is 0 Å². The lowest BCUT2D eigenvalue weighted by molar-refractivity contribution is 0.580. The second-order valence-electron chi connectivity index (χ2n) is 4.74. The van der Waals surface area contributed by atoms with Crippen molar-refractivity contribution >= 4 is 15.9 Å². The summed E-state index contributed by atoms with van der Waals surface area (Å²) < 4.78 is 15.6. The third kappa shape index (κ3) is 3.39. The van der Waals surface area contributed by atoms with Gasteiger partial charge in [0.25, 0.3) is 0 Å². The van der Waals surface area contributed by atoms with Crippen molar-refractivity contribution in [1.29, 1.82) is 0 Å². The highest BCUT2D eigenvalue weighted by molar-refractivity contribution is 9.10. The maximum atomic E-state index is 13.6. The molecular weight excluding hydrogens is 311 g/mol. The van der Waals surface area contributed by atoms with Crippen LogP contribution >= 0.6 is 15.9 Å². The molecule has 0 aliphatic rings. The molecule has 4 nitrogen and oxygen atoms in total. The van der Waals surface area contributed by atoms with Gasteiger partial charge in [0.05, 0.1) is 22.1 Å². The van der Waals surface area contributed by atoms with Gasteiger partial charge < -0.3 is 5.32 Å². The average Bonchev–Trinajstić information content (AvgIpc) is 2.80. The molecule has 102 valence electrons. The molecule has 1 N–H and O–H groups in total. The summed E-state index contributed by atoms with van der Waals surface area (Å²) in [6.45, 7) is 6.69. The predicted octanol–water partition coefficient (Wildman–Crippen LogP) is 2.98. The van der Waals surface area contributed by atoms with Gasteiger partial charge in [0.15, 0.2) is 0 Å². The van der Waals surface area contributed by atoms with Gasteiger partial charge in [-0.15, -0.1) is 5.10 Å². The van der Waals surface area contributed by atoms with Crippen LogP contribution in [0.15, 0.2) is 22.8 Å². The van der Waals surface area contributed by atoms with Crippen LogP contribution in [0.1, 0.15) is 25.1 Å². The molecule has 0 saturated heterocycles. The molecule has 0 radical (unpaired) electrons. The SMILES string of the molecule is Cc1cc(Br)c(F)cc1-n1cc(CNC(C)C)nn1. The Morgan fingerprint density at radius 3 is 2.84 bits per heavy atom. The van der Waals surface area contributed by atoms with E-state index in [1.807, 2.05) is 13.1 Å². The molecule has 19 heavy (non-hydrogen) atoms. The Morgan fingerprint density at radius 1 is 1.42 bits per heavy atom. The largest absolute Gasteiger partial charge is 0.309 e. The Bertz CT molecular complexity index is 580. The summed E-state index contributed by atoms with van der Waals surface area (Å²) in [6.07, 6.45) is 1.81. The molecule has 0 unspecified atom stereocenters. The maximum Gasteiger partial charge on any atom is 0.139 e. The molecule has 6 heteroatoms. The second kappa shape index (κ2) is 5.79. The van der Waals surface area contributed by atoms with E-state index >= 15 is 0 Å². The van der Waals surface area contributed by atoms with Crippen LogP contribution in [0, 0.1) is 12.7 Å². The number of hydrogen-bond acceptors (Lipinski definition) is 3. The summed E-state index contributed by atoms with van der Waals surface area (Å²) in [4.78, 5) is 0. The van der Waals surface area contributed by atoms with Crippen LogP contribution in [-0.4, -0.2) is 21.0 Å². The quantitative estimate of drug-likeness (QED) is 0.939. The molecule has 1 aromatic carbocycles.